The average Bonchev–Trinajstić information content (AvgIpc) is 2.66. The molecule has 0 radical (unpaired) electrons. The molecule has 0 aliphatic rings. The summed E-state index contributed by atoms with van der Waals surface area (Å²) in [5.41, 5.74) is 2.35. The van der Waals surface area contributed by atoms with Crippen LogP contribution in [0.3, 0.4) is 0 Å². The highest BCUT2D eigenvalue weighted by molar-refractivity contribution is 5.81. The van der Waals surface area contributed by atoms with E-state index in [0.29, 0.717) is 11.3 Å². The highest BCUT2D eigenvalue weighted by atomic mass is 19.1. The summed E-state index contributed by atoms with van der Waals surface area (Å²) in [6, 6.07) is 4.00. The van der Waals surface area contributed by atoms with Gasteiger partial charge in [-0.3, -0.25) is 4.98 Å². The van der Waals surface area contributed by atoms with E-state index in [0.717, 1.165) is 17.2 Å². The Bertz CT molecular complexity index is 778. The summed E-state index contributed by atoms with van der Waals surface area (Å²) in [5.74, 6) is -0.676. The lowest BCUT2D eigenvalue weighted by Gasteiger charge is -2.03. The van der Waals surface area contributed by atoms with Gasteiger partial charge in [-0.2, -0.15) is 0 Å². The van der Waals surface area contributed by atoms with E-state index in [1.165, 1.54) is 6.07 Å². The first-order valence-corrected chi connectivity index (χ1v) is 5.80. The van der Waals surface area contributed by atoms with Crippen molar-refractivity contribution in [1.29, 1.82) is 0 Å². The second-order valence-electron chi connectivity index (χ2n) is 4.50. The fourth-order valence-electron chi connectivity index (χ4n) is 2.20. The molecule has 1 aromatic carbocycles. The van der Waals surface area contributed by atoms with Crippen LogP contribution in [0.4, 0.5) is 8.78 Å². The smallest absolute Gasteiger partial charge is 0.152 e. The van der Waals surface area contributed by atoms with Crippen molar-refractivity contribution in [2.45, 2.75) is 6.92 Å². The minimum atomic E-state index is -0.628. The lowest BCUT2D eigenvalue weighted by atomic mass is 10.2. The first kappa shape index (κ1) is 11.8. The summed E-state index contributed by atoms with van der Waals surface area (Å²) >= 11 is 0. The van der Waals surface area contributed by atoms with Gasteiger partial charge in [0.1, 0.15) is 17.2 Å². The van der Waals surface area contributed by atoms with Gasteiger partial charge in [0.25, 0.3) is 0 Å². The van der Waals surface area contributed by atoms with E-state index in [-0.39, 0.29) is 5.52 Å². The third-order valence-electron chi connectivity index (χ3n) is 3.02. The zero-order chi connectivity index (χ0) is 13.6. The van der Waals surface area contributed by atoms with Gasteiger partial charge in [-0.25, -0.2) is 13.8 Å². The predicted molar refractivity (Wildman–Crippen MR) is 68.6 cm³/mol. The van der Waals surface area contributed by atoms with E-state index in [1.54, 1.807) is 24.0 Å². The third-order valence-corrected chi connectivity index (χ3v) is 3.02. The molecule has 2 heterocycles. The lowest BCUT2D eigenvalue weighted by Crippen LogP contribution is -1.95. The number of pyridine rings is 1. The average molecular weight is 259 g/mol. The number of imidazole rings is 1. The second kappa shape index (κ2) is 4.12. The molecule has 19 heavy (non-hydrogen) atoms. The number of rotatable bonds is 1. The zero-order valence-electron chi connectivity index (χ0n) is 10.5. The third kappa shape index (κ3) is 1.87. The van der Waals surface area contributed by atoms with Crippen LogP contribution >= 0.6 is 0 Å². The quantitative estimate of drug-likeness (QED) is 0.671. The van der Waals surface area contributed by atoms with Crippen LogP contribution < -0.4 is 0 Å². The molecular formula is C14H11F2N3. The van der Waals surface area contributed by atoms with Gasteiger partial charge in [-0.15, -0.1) is 0 Å². The van der Waals surface area contributed by atoms with Crippen LogP contribution in [-0.4, -0.2) is 14.5 Å². The molecule has 0 amide bonds. The van der Waals surface area contributed by atoms with E-state index in [9.17, 15) is 8.78 Å². The van der Waals surface area contributed by atoms with Gasteiger partial charge in [-0.1, -0.05) is 0 Å². The zero-order valence-corrected chi connectivity index (χ0v) is 10.5. The van der Waals surface area contributed by atoms with Crippen molar-refractivity contribution in [3.63, 3.8) is 0 Å². The summed E-state index contributed by atoms with van der Waals surface area (Å²) in [6.07, 6.45) is 3.38. The van der Waals surface area contributed by atoms with Crippen molar-refractivity contribution in [2.75, 3.05) is 0 Å². The Kier molecular flexibility index (Phi) is 2.55. The van der Waals surface area contributed by atoms with Crippen LogP contribution in [0.15, 0.2) is 30.6 Å². The van der Waals surface area contributed by atoms with Gasteiger partial charge in [0.05, 0.1) is 5.52 Å². The number of nitrogens with zero attached hydrogens (tertiary/aromatic N) is 3. The SMILES string of the molecule is Cc1cncc(-c2nc3cc(F)cc(F)c3n2C)c1. The predicted octanol–water partition coefficient (Wildman–Crippen LogP) is 3.22. The van der Waals surface area contributed by atoms with Gasteiger partial charge in [0.2, 0.25) is 0 Å². The fraction of sp³-hybridized carbons (Fsp3) is 0.143. The number of benzene rings is 1. The molecule has 3 rings (SSSR count). The lowest BCUT2D eigenvalue weighted by molar-refractivity contribution is 0.588. The molecule has 0 saturated heterocycles. The number of aryl methyl sites for hydroxylation is 2. The summed E-state index contributed by atoms with van der Waals surface area (Å²) < 4.78 is 28.6. The molecule has 0 fully saturated rings. The number of halogens is 2. The number of hydrogen-bond acceptors (Lipinski definition) is 2. The molecule has 3 nitrogen and oxygen atoms in total. The van der Waals surface area contributed by atoms with E-state index in [2.05, 4.69) is 9.97 Å². The molecule has 2 aromatic heterocycles. The van der Waals surface area contributed by atoms with Crippen LogP contribution in [0.5, 0.6) is 0 Å². The molecule has 0 saturated carbocycles. The van der Waals surface area contributed by atoms with E-state index < -0.39 is 11.6 Å². The first-order chi connectivity index (χ1) is 9.06. The van der Waals surface area contributed by atoms with Crippen LogP contribution in [0.1, 0.15) is 5.56 Å². The molecule has 5 heteroatoms. The first-order valence-electron chi connectivity index (χ1n) is 5.80. The van der Waals surface area contributed by atoms with Crippen molar-refractivity contribution in [3.8, 4) is 11.4 Å². The maximum absolute atomic E-state index is 13.8. The Balaban J connectivity index is 2.31. The second-order valence-corrected chi connectivity index (χ2v) is 4.50. The monoisotopic (exact) mass is 259 g/mol. The molecule has 0 spiro atoms. The molecule has 0 unspecified atom stereocenters. The van der Waals surface area contributed by atoms with Crippen molar-refractivity contribution >= 4 is 11.0 Å². The molecule has 0 N–H and O–H groups in total. The van der Waals surface area contributed by atoms with E-state index in [4.69, 9.17) is 0 Å². The Labute approximate surface area is 108 Å². The summed E-state index contributed by atoms with van der Waals surface area (Å²) in [6.45, 7) is 1.92. The highest BCUT2D eigenvalue weighted by Gasteiger charge is 2.15. The van der Waals surface area contributed by atoms with Gasteiger partial charge >= 0.3 is 0 Å². The Morgan fingerprint density at radius 2 is 1.89 bits per heavy atom. The van der Waals surface area contributed by atoms with Crippen molar-refractivity contribution in [2.24, 2.45) is 7.05 Å². The van der Waals surface area contributed by atoms with Crippen LogP contribution in [0.25, 0.3) is 22.4 Å². The van der Waals surface area contributed by atoms with Crippen LogP contribution in [0, 0.1) is 18.6 Å². The molecule has 0 atom stereocenters. The highest BCUT2D eigenvalue weighted by Crippen LogP contribution is 2.26. The summed E-state index contributed by atoms with van der Waals surface area (Å²) in [4.78, 5) is 8.38. The van der Waals surface area contributed by atoms with Crippen molar-refractivity contribution in [3.05, 3.63) is 47.8 Å². The largest absolute Gasteiger partial charge is 0.325 e. The Morgan fingerprint density at radius 3 is 2.63 bits per heavy atom. The molecule has 96 valence electrons. The minimum Gasteiger partial charge on any atom is -0.325 e. The molecule has 0 aliphatic heterocycles. The van der Waals surface area contributed by atoms with Gasteiger partial charge in [0.15, 0.2) is 5.82 Å². The minimum absolute atomic E-state index is 0.290. The van der Waals surface area contributed by atoms with Crippen molar-refractivity contribution in [1.82, 2.24) is 14.5 Å². The van der Waals surface area contributed by atoms with Crippen molar-refractivity contribution < 1.29 is 8.78 Å². The standard InChI is InChI=1S/C14H11F2N3/c1-8-3-9(7-17-6-8)14-18-12-5-10(15)4-11(16)13(12)19(14)2/h3-7H,1-2H3. The number of hydrogen-bond donors (Lipinski definition) is 0. The molecule has 0 aliphatic carbocycles. The maximum Gasteiger partial charge on any atom is 0.152 e. The van der Waals surface area contributed by atoms with Gasteiger partial charge in [0, 0.05) is 37.1 Å². The Hall–Kier alpha value is -2.30. The van der Waals surface area contributed by atoms with E-state index >= 15 is 0 Å². The van der Waals surface area contributed by atoms with Crippen LogP contribution in [-0.2, 0) is 7.05 Å². The Morgan fingerprint density at radius 1 is 1.11 bits per heavy atom. The van der Waals surface area contributed by atoms with Crippen LogP contribution in [0.2, 0.25) is 0 Å². The number of aromatic nitrogens is 3. The number of fused-ring (bicyclic) bond motifs is 1. The molecule has 0 bridgehead atoms. The molecular weight excluding hydrogens is 248 g/mol. The molecule has 3 aromatic rings. The van der Waals surface area contributed by atoms with Gasteiger partial charge < -0.3 is 4.57 Å². The summed E-state index contributed by atoms with van der Waals surface area (Å²) in [7, 11) is 1.70. The normalized spacial score (nSPS) is 11.2. The summed E-state index contributed by atoms with van der Waals surface area (Å²) in [5, 5.41) is 0. The topological polar surface area (TPSA) is 30.7 Å². The maximum atomic E-state index is 13.8. The van der Waals surface area contributed by atoms with Gasteiger partial charge in [-0.05, 0) is 18.6 Å². The van der Waals surface area contributed by atoms with E-state index in [1.807, 2.05) is 13.0 Å². The fourth-order valence-corrected chi connectivity index (χ4v) is 2.20.